The highest BCUT2D eigenvalue weighted by molar-refractivity contribution is 5.79. The number of carboxylic acids is 9. The molecule has 0 aromatic heterocycles. The second kappa shape index (κ2) is 27.7. The number of aliphatic carboxylic acids is 9. The van der Waals surface area contributed by atoms with E-state index in [0.717, 1.165) is 116 Å². The molecule has 2 heterocycles. The van der Waals surface area contributed by atoms with Crippen LogP contribution in [0.25, 0.3) is 0 Å². The van der Waals surface area contributed by atoms with Crippen LogP contribution in [0.2, 0.25) is 0 Å². The molecule has 0 bridgehead atoms. The number of halogens is 2. The van der Waals surface area contributed by atoms with Crippen LogP contribution < -0.4 is 0 Å². The average Bonchev–Trinajstić information content (AvgIpc) is 3.87. The first-order valence-corrected chi connectivity index (χ1v) is 27.4. The second-order valence-electron chi connectivity index (χ2n) is 27.2. The van der Waals surface area contributed by atoms with Crippen molar-refractivity contribution in [2.45, 2.75) is 217 Å². The fraction of sp³-hybridized carbons (Fsp3) is 0.842. The maximum atomic E-state index is 12.1. The van der Waals surface area contributed by atoms with Gasteiger partial charge >= 0.3 is 53.7 Å². The van der Waals surface area contributed by atoms with Crippen molar-refractivity contribution in [1.82, 2.24) is 4.90 Å². The fourth-order valence-corrected chi connectivity index (χ4v) is 10.4. The average molecular weight is 1140 g/mol. The van der Waals surface area contributed by atoms with Gasteiger partial charge < -0.3 is 55.6 Å². The van der Waals surface area contributed by atoms with Crippen LogP contribution in [0.1, 0.15) is 211 Å². The summed E-state index contributed by atoms with van der Waals surface area (Å²) < 4.78 is 29.0. The predicted molar refractivity (Wildman–Crippen MR) is 286 cm³/mol. The van der Waals surface area contributed by atoms with Gasteiger partial charge in [-0.3, -0.25) is 43.2 Å². The Hall–Kier alpha value is -4.99. The van der Waals surface area contributed by atoms with Crippen LogP contribution in [-0.4, -0.2) is 144 Å². The molecule has 9 fully saturated rings. The molecular formula is C57H95F2NO19. The first-order chi connectivity index (χ1) is 35.7. The number of hydrogen-bond acceptors (Lipinski definition) is 11. The van der Waals surface area contributed by atoms with E-state index in [1.54, 1.807) is 34.6 Å². The molecule has 9 rings (SSSR count). The van der Waals surface area contributed by atoms with Gasteiger partial charge in [0.15, 0.2) is 0 Å². The lowest BCUT2D eigenvalue weighted by atomic mass is 9.55. The van der Waals surface area contributed by atoms with E-state index in [1.165, 1.54) is 13.3 Å². The Balaban J connectivity index is 0.000000445. The number of hydrogen-bond donors (Lipinski definition) is 9. The number of alkyl halides is 2. The fourth-order valence-electron chi connectivity index (χ4n) is 10.4. The summed E-state index contributed by atoms with van der Waals surface area (Å²) in [6, 6.07) is 0. The van der Waals surface area contributed by atoms with Crippen molar-refractivity contribution >= 4 is 53.7 Å². The molecule has 456 valence electrons. The Bertz CT molecular complexity index is 2010. The minimum atomic E-state index is -2.74. The van der Waals surface area contributed by atoms with Crippen molar-refractivity contribution in [3.63, 3.8) is 0 Å². The molecule has 0 radical (unpaired) electrons. The zero-order valence-corrected chi connectivity index (χ0v) is 49.0. The van der Waals surface area contributed by atoms with Crippen molar-refractivity contribution in [3.05, 3.63) is 0 Å². The van der Waals surface area contributed by atoms with E-state index >= 15 is 0 Å². The van der Waals surface area contributed by atoms with Crippen molar-refractivity contribution in [2.75, 3.05) is 33.4 Å². The molecule has 7 aliphatic carbocycles. The molecule has 79 heavy (non-hydrogen) atoms. The third kappa shape index (κ3) is 21.4. The van der Waals surface area contributed by atoms with E-state index in [0.29, 0.717) is 26.3 Å². The lowest BCUT2D eigenvalue weighted by molar-refractivity contribution is -0.189. The molecule has 2 aliphatic heterocycles. The molecule has 20 nitrogen and oxygen atoms in total. The third-order valence-corrected chi connectivity index (χ3v) is 17.3. The maximum Gasteiger partial charge on any atom is 0.314 e. The Morgan fingerprint density at radius 3 is 0.633 bits per heavy atom. The van der Waals surface area contributed by atoms with Gasteiger partial charge in [0.2, 0.25) is 5.92 Å². The molecule has 9 aliphatic rings. The number of carbonyl (C=O) groups is 9. The summed E-state index contributed by atoms with van der Waals surface area (Å²) in [4.78, 5) is 95.4. The SMILES string of the molecule is CC1(C(=O)O)CC(F)(F)C1.CC1(C(=O)O)CC1.CC1(C(=O)O)CCC1.CC1(C(=O)O)CCC1.CC1(C(=O)O)CCCC1.CC1(C(=O)O)CCCCC1.CC1(C(=O)O)COC1.CC1(C)CC(C)(C(=O)O)C1.CN1CC(C)(C(=O)O)C1. The van der Waals surface area contributed by atoms with E-state index in [4.69, 9.17) is 50.7 Å². The van der Waals surface area contributed by atoms with Gasteiger partial charge in [-0.1, -0.05) is 58.8 Å². The number of nitrogens with zero attached hydrogens (tertiary/aromatic N) is 1. The molecular weight excluding hydrogens is 1040 g/mol. The summed E-state index contributed by atoms with van der Waals surface area (Å²) >= 11 is 0. The molecule has 9 N–H and O–H groups in total. The molecule has 0 aromatic carbocycles. The molecule has 2 saturated heterocycles. The summed E-state index contributed by atoms with van der Waals surface area (Å²) in [5.41, 5.74) is -4.24. The molecule has 0 amide bonds. The minimum Gasteiger partial charge on any atom is -0.481 e. The van der Waals surface area contributed by atoms with E-state index in [1.807, 2.05) is 32.7 Å². The van der Waals surface area contributed by atoms with Crippen LogP contribution in [0.4, 0.5) is 8.78 Å². The zero-order chi connectivity index (χ0) is 61.7. The number of ether oxygens (including phenoxy) is 1. The monoisotopic (exact) mass is 1140 g/mol. The summed E-state index contributed by atoms with van der Waals surface area (Å²) in [7, 11) is 1.92. The largest absolute Gasteiger partial charge is 0.481 e. The minimum absolute atomic E-state index is 0.257. The van der Waals surface area contributed by atoms with Crippen LogP contribution in [0.3, 0.4) is 0 Å². The van der Waals surface area contributed by atoms with E-state index < -0.39 is 99.6 Å². The van der Waals surface area contributed by atoms with Gasteiger partial charge in [0.25, 0.3) is 0 Å². The van der Waals surface area contributed by atoms with E-state index in [9.17, 15) is 51.9 Å². The molecule has 0 aromatic rings. The lowest BCUT2D eigenvalue weighted by Crippen LogP contribution is -2.56. The van der Waals surface area contributed by atoms with Gasteiger partial charge in [-0.05, 0) is 152 Å². The van der Waals surface area contributed by atoms with Crippen molar-refractivity contribution in [2.24, 2.45) is 54.1 Å². The molecule has 22 heteroatoms. The normalized spacial score (nSPS) is 25.0. The Kier molecular flexibility index (Phi) is 25.2. The topological polar surface area (TPSA) is 348 Å². The van der Waals surface area contributed by atoms with Gasteiger partial charge in [0, 0.05) is 25.9 Å². The molecule has 0 unspecified atom stereocenters. The smallest absolute Gasteiger partial charge is 0.314 e. The lowest BCUT2D eigenvalue weighted by Gasteiger charge is -2.48. The van der Waals surface area contributed by atoms with Crippen LogP contribution >= 0.6 is 0 Å². The highest BCUT2D eigenvalue weighted by atomic mass is 19.3. The summed E-state index contributed by atoms with van der Waals surface area (Å²) in [5.74, 6) is -9.12. The standard InChI is InChI=1S/2C8H14O2.C7H12O2.C6H8F2O2.C6H11NO2.2C6H10O2.C5H8O3.C5H8O2/c1-7(2)4-8(3,5-7)6(9)10;1-8(7(9)10)5-3-2-4-6-8;1-7(6(8)9)4-2-3-5-7;1-5(4(9)10)2-6(7,8)3-5;1-6(5(8)9)3-7(2)4-6;2*1-6(5(7)8)3-2-4-6;1-5(4(6)7)2-8-3-5;1-5(2-3-5)4(6)7/h4-5H2,1-3H3,(H,9,10);2-6H2,1H3,(H,9,10);2-5H2,1H3,(H,8,9);2-3H2,1H3,(H,9,10);3-4H2,1-2H3,(H,8,9);2*2-4H2,1H3,(H,7,8);2-3H2,1H3,(H,6,7);2-3H2,1H3,(H,6,7). The van der Waals surface area contributed by atoms with Gasteiger partial charge in [-0.25, -0.2) is 8.78 Å². The van der Waals surface area contributed by atoms with Gasteiger partial charge in [0.05, 0.1) is 56.5 Å². The quantitative estimate of drug-likeness (QED) is 0.104. The van der Waals surface area contributed by atoms with Crippen LogP contribution in [0.15, 0.2) is 0 Å². The Labute approximate surface area is 464 Å². The Morgan fingerprint density at radius 2 is 0.544 bits per heavy atom. The molecule has 7 saturated carbocycles. The van der Waals surface area contributed by atoms with E-state index in [2.05, 4.69) is 13.8 Å². The predicted octanol–water partition coefficient (Wildman–Crippen LogP) is 10.6. The van der Waals surface area contributed by atoms with E-state index in [-0.39, 0.29) is 27.1 Å². The maximum absolute atomic E-state index is 12.1. The summed E-state index contributed by atoms with van der Waals surface area (Å²) in [6.07, 6.45) is 17.0. The number of likely N-dealkylation sites (tertiary alicyclic amines) is 1. The Morgan fingerprint density at radius 1 is 0.316 bits per heavy atom. The first kappa shape index (κ1) is 72.0. The van der Waals surface area contributed by atoms with Crippen molar-refractivity contribution in [3.8, 4) is 0 Å². The second-order valence-corrected chi connectivity index (χ2v) is 27.2. The van der Waals surface area contributed by atoms with Gasteiger partial charge in [-0.15, -0.1) is 0 Å². The van der Waals surface area contributed by atoms with Crippen LogP contribution in [0.5, 0.6) is 0 Å². The first-order valence-electron chi connectivity index (χ1n) is 27.4. The summed E-state index contributed by atoms with van der Waals surface area (Å²) in [5, 5.41) is 76.9. The number of rotatable bonds is 9. The van der Waals surface area contributed by atoms with Crippen LogP contribution in [0, 0.1) is 54.1 Å². The highest BCUT2D eigenvalue weighted by Gasteiger charge is 2.58. The van der Waals surface area contributed by atoms with Crippen molar-refractivity contribution in [1.29, 1.82) is 0 Å². The molecule has 0 atom stereocenters. The van der Waals surface area contributed by atoms with Gasteiger partial charge in [-0.2, -0.15) is 0 Å². The highest BCUT2D eigenvalue weighted by Crippen LogP contribution is 2.54. The zero-order valence-electron chi connectivity index (χ0n) is 49.0. The third-order valence-electron chi connectivity index (χ3n) is 17.3. The van der Waals surface area contributed by atoms with Gasteiger partial charge in [0.1, 0.15) is 5.41 Å². The van der Waals surface area contributed by atoms with Crippen molar-refractivity contribution < 1.29 is 103 Å². The summed E-state index contributed by atoms with van der Waals surface area (Å²) in [6.45, 7) is 22.0. The van der Waals surface area contributed by atoms with Crippen LogP contribution in [-0.2, 0) is 47.9 Å². The number of carboxylic acid groups (broad SMARTS) is 9. The molecule has 0 spiro atoms.